The number of amides is 1. The first kappa shape index (κ1) is 5.31. The summed E-state index contributed by atoms with van der Waals surface area (Å²) < 4.78 is 0. The SMILES string of the molecule is CN1CC=CC(=O)N1. The lowest BCUT2D eigenvalue weighted by Crippen LogP contribution is -2.41. The molecule has 0 saturated carbocycles. The standard InChI is InChI=1S/C5H8N2O/c1-7-4-2-3-5(8)6-7/h2-3H,4H2,1H3,(H,6,8). The van der Waals surface area contributed by atoms with Crippen LogP contribution in [0.15, 0.2) is 12.2 Å². The van der Waals surface area contributed by atoms with E-state index in [2.05, 4.69) is 5.43 Å². The summed E-state index contributed by atoms with van der Waals surface area (Å²) in [5.41, 5.74) is 2.59. The first-order chi connectivity index (χ1) is 3.79. The summed E-state index contributed by atoms with van der Waals surface area (Å²) in [5, 5.41) is 1.72. The van der Waals surface area contributed by atoms with Crippen molar-refractivity contribution in [1.29, 1.82) is 0 Å². The highest BCUT2D eigenvalue weighted by Crippen LogP contribution is 1.85. The molecule has 0 spiro atoms. The van der Waals surface area contributed by atoms with Gasteiger partial charge < -0.3 is 0 Å². The minimum Gasteiger partial charge on any atom is -0.285 e. The van der Waals surface area contributed by atoms with Crippen LogP contribution in [0.25, 0.3) is 0 Å². The molecule has 0 aromatic heterocycles. The van der Waals surface area contributed by atoms with Crippen LogP contribution in [0, 0.1) is 0 Å². The fourth-order valence-electron chi connectivity index (χ4n) is 0.589. The zero-order valence-electron chi connectivity index (χ0n) is 4.72. The summed E-state index contributed by atoms with van der Waals surface area (Å²) in [7, 11) is 1.82. The second kappa shape index (κ2) is 1.96. The molecule has 1 aliphatic heterocycles. The Hall–Kier alpha value is -0.830. The molecule has 0 unspecified atom stereocenters. The van der Waals surface area contributed by atoms with E-state index in [0.29, 0.717) is 0 Å². The van der Waals surface area contributed by atoms with Gasteiger partial charge >= 0.3 is 0 Å². The molecule has 44 valence electrons. The van der Waals surface area contributed by atoms with Gasteiger partial charge in [-0.15, -0.1) is 0 Å². The average Bonchev–Trinajstić information content (AvgIpc) is 1.64. The number of carbonyl (C=O) groups is 1. The molecule has 0 aromatic carbocycles. The Labute approximate surface area is 47.9 Å². The third-order valence-electron chi connectivity index (χ3n) is 0.950. The maximum absolute atomic E-state index is 10.4. The van der Waals surface area contributed by atoms with Crippen molar-refractivity contribution in [3.63, 3.8) is 0 Å². The molecule has 8 heavy (non-hydrogen) atoms. The predicted molar refractivity (Wildman–Crippen MR) is 29.9 cm³/mol. The second-order valence-electron chi connectivity index (χ2n) is 1.76. The van der Waals surface area contributed by atoms with Crippen LogP contribution in [0.5, 0.6) is 0 Å². The lowest BCUT2D eigenvalue weighted by Gasteiger charge is -2.17. The highest BCUT2D eigenvalue weighted by Gasteiger charge is 2.02. The summed E-state index contributed by atoms with van der Waals surface area (Å²) in [6.45, 7) is 0.797. The highest BCUT2D eigenvalue weighted by molar-refractivity contribution is 5.87. The largest absolute Gasteiger partial charge is 0.285 e. The van der Waals surface area contributed by atoms with Crippen molar-refractivity contribution >= 4 is 5.91 Å². The van der Waals surface area contributed by atoms with Gasteiger partial charge in [0.1, 0.15) is 0 Å². The number of hydrogen-bond acceptors (Lipinski definition) is 2. The number of carbonyl (C=O) groups excluding carboxylic acids is 1. The molecule has 1 aliphatic rings. The summed E-state index contributed by atoms with van der Waals surface area (Å²) >= 11 is 0. The van der Waals surface area contributed by atoms with Crippen LogP contribution in [-0.4, -0.2) is 24.5 Å². The lowest BCUT2D eigenvalue weighted by molar-refractivity contribution is -0.121. The van der Waals surface area contributed by atoms with Gasteiger partial charge in [-0.05, 0) is 0 Å². The number of nitrogens with zero attached hydrogens (tertiary/aromatic N) is 1. The Morgan fingerprint density at radius 2 is 2.62 bits per heavy atom. The molecule has 1 heterocycles. The van der Waals surface area contributed by atoms with Gasteiger partial charge in [0.25, 0.3) is 5.91 Å². The number of rotatable bonds is 0. The quantitative estimate of drug-likeness (QED) is 0.459. The highest BCUT2D eigenvalue weighted by atomic mass is 16.2. The van der Waals surface area contributed by atoms with Crippen molar-refractivity contribution in [2.24, 2.45) is 0 Å². The molecule has 0 fully saturated rings. The molecule has 0 saturated heterocycles. The van der Waals surface area contributed by atoms with Gasteiger partial charge in [-0.1, -0.05) is 6.08 Å². The molecule has 0 bridgehead atoms. The Bertz CT molecular complexity index is 130. The predicted octanol–water partition coefficient (Wildman–Crippen LogP) is -0.481. The van der Waals surface area contributed by atoms with Crippen molar-refractivity contribution in [3.05, 3.63) is 12.2 Å². The van der Waals surface area contributed by atoms with Crippen LogP contribution in [0.4, 0.5) is 0 Å². The normalized spacial score (nSPS) is 20.9. The van der Waals surface area contributed by atoms with Gasteiger partial charge in [0.05, 0.1) is 0 Å². The van der Waals surface area contributed by atoms with E-state index in [1.807, 2.05) is 13.1 Å². The first-order valence-corrected chi connectivity index (χ1v) is 2.47. The summed E-state index contributed by atoms with van der Waals surface area (Å²) in [4.78, 5) is 10.4. The van der Waals surface area contributed by atoms with Crippen LogP contribution in [0.1, 0.15) is 0 Å². The maximum atomic E-state index is 10.4. The molecular weight excluding hydrogens is 104 g/mol. The molecule has 1 amide bonds. The number of nitrogens with one attached hydrogen (secondary N) is 1. The molecule has 0 aromatic rings. The second-order valence-corrected chi connectivity index (χ2v) is 1.76. The van der Waals surface area contributed by atoms with E-state index in [9.17, 15) is 4.79 Å². The topological polar surface area (TPSA) is 32.3 Å². The zero-order valence-corrected chi connectivity index (χ0v) is 4.72. The van der Waals surface area contributed by atoms with Crippen molar-refractivity contribution in [2.45, 2.75) is 0 Å². The summed E-state index contributed by atoms with van der Waals surface area (Å²) in [6.07, 6.45) is 3.35. The van der Waals surface area contributed by atoms with Crippen LogP contribution < -0.4 is 5.43 Å². The third-order valence-corrected chi connectivity index (χ3v) is 0.950. The third kappa shape index (κ3) is 1.07. The summed E-state index contributed by atoms with van der Waals surface area (Å²) in [6, 6.07) is 0. The number of hydrazine groups is 1. The Balaban J connectivity index is 2.54. The fourth-order valence-corrected chi connectivity index (χ4v) is 0.589. The zero-order chi connectivity index (χ0) is 5.98. The average molecular weight is 112 g/mol. The maximum Gasteiger partial charge on any atom is 0.258 e. The minimum atomic E-state index is -0.0428. The van der Waals surface area contributed by atoms with Gasteiger partial charge in [-0.2, -0.15) is 0 Å². The Morgan fingerprint density at radius 3 is 3.00 bits per heavy atom. The van der Waals surface area contributed by atoms with Crippen molar-refractivity contribution in [3.8, 4) is 0 Å². The van der Waals surface area contributed by atoms with E-state index >= 15 is 0 Å². The van der Waals surface area contributed by atoms with Crippen LogP contribution in [-0.2, 0) is 4.79 Å². The monoisotopic (exact) mass is 112 g/mol. The van der Waals surface area contributed by atoms with Gasteiger partial charge in [0.2, 0.25) is 0 Å². The molecule has 3 heteroatoms. The fraction of sp³-hybridized carbons (Fsp3) is 0.400. The van der Waals surface area contributed by atoms with Crippen LogP contribution in [0.3, 0.4) is 0 Å². The van der Waals surface area contributed by atoms with E-state index in [4.69, 9.17) is 0 Å². The van der Waals surface area contributed by atoms with Crippen molar-refractivity contribution < 1.29 is 4.79 Å². The molecule has 0 aliphatic carbocycles. The molecule has 3 nitrogen and oxygen atoms in total. The van der Waals surface area contributed by atoms with Crippen LogP contribution >= 0.6 is 0 Å². The van der Waals surface area contributed by atoms with E-state index < -0.39 is 0 Å². The lowest BCUT2D eigenvalue weighted by atomic mass is 10.4. The molecular formula is C5H8N2O. The minimum absolute atomic E-state index is 0.0428. The van der Waals surface area contributed by atoms with E-state index in [1.165, 1.54) is 6.08 Å². The molecule has 0 atom stereocenters. The van der Waals surface area contributed by atoms with Gasteiger partial charge in [-0.25, -0.2) is 5.01 Å². The van der Waals surface area contributed by atoms with E-state index in [0.717, 1.165) is 6.54 Å². The Morgan fingerprint density at radius 1 is 1.88 bits per heavy atom. The number of hydrogen-bond donors (Lipinski definition) is 1. The van der Waals surface area contributed by atoms with Gasteiger partial charge in [-0.3, -0.25) is 10.2 Å². The van der Waals surface area contributed by atoms with Crippen LogP contribution in [0.2, 0.25) is 0 Å². The Kier molecular flexibility index (Phi) is 1.30. The smallest absolute Gasteiger partial charge is 0.258 e. The van der Waals surface area contributed by atoms with Crippen molar-refractivity contribution in [2.75, 3.05) is 13.6 Å². The van der Waals surface area contributed by atoms with E-state index in [-0.39, 0.29) is 5.91 Å². The molecule has 1 N–H and O–H groups in total. The van der Waals surface area contributed by atoms with Gasteiger partial charge in [0.15, 0.2) is 0 Å². The van der Waals surface area contributed by atoms with Crippen molar-refractivity contribution in [1.82, 2.24) is 10.4 Å². The molecule has 0 radical (unpaired) electrons. The first-order valence-electron chi connectivity index (χ1n) is 2.47. The molecule has 1 rings (SSSR count). The van der Waals surface area contributed by atoms with Gasteiger partial charge in [0, 0.05) is 19.7 Å². The van der Waals surface area contributed by atoms with E-state index in [1.54, 1.807) is 5.01 Å². The number of likely N-dealkylation sites (N-methyl/N-ethyl adjacent to an activating group) is 1. The summed E-state index contributed by atoms with van der Waals surface area (Å²) in [5.74, 6) is -0.0428.